The largest absolute Gasteiger partial charge is 0.452 e. The van der Waals surface area contributed by atoms with Gasteiger partial charge in [0, 0.05) is 22.4 Å². The van der Waals surface area contributed by atoms with E-state index >= 15 is 0 Å². The van der Waals surface area contributed by atoms with Gasteiger partial charge in [-0.2, -0.15) is 0 Å². The molecule has 1 atom stereocenters. The van der Waals surface area contributed by atoms with Crippen molar-refractivity contribution in [2.24, 2.45) is 0 Å². The van der Waals surface area contributed by atoms with Gasteiger partial charge in [0.1, 0.15) is 0 Å². The zero-order valence-corrected chi connectivity index (χ0v) is 13.9. The summed E-state index contributed by atoms with van der Waals surface area (Å²) in [6.07, 6.45) is 0.792. The highest BCUT2D eigenvalue weighted by Crippen LogP contribution is 2.31. The van der Waals surface area contributed by atoms with Gasteiger partial charge < -0.3 is 15.4 Å². The zero-order chi connectivity index (χ0) is 17.3. The smallest absolute Gasteiger partial charge is 0.340 e. The number of carbonyl (C=O) groups is 2. The number of ether oxygens (including phenoxy) is 1. The summed E-state index contributed by atoms with van der Waals surface area (Å²) in [6.45, 7) is 1.64. The third-order valence-corrected chi connectivity index (χ3v) is 4.27. The summed E-state index contributed by atoms with van der Waals surface area (Å²) in [5.41, 5.74) is 8.16. The minimum absolute atomic E-state index is 0.0363. The molecule has 0 fully saturated rings. The lowest BCUT2D eigenvalue weighted by Crippen LogP contribution is -2.38. The molecule has 5 nitrogen and oxygen atoms in total. The minimum Gasteiger partial charge on any atom is -0.452 e. The fraction of sp³-hybridized carbons (Fsp3) is 0.222. The lowest BCUT2D eigenvalue weighted by atomic mass is 10.1. The lowest BCUT2D eigenvalue weighted by molar-refractivity contribution is -0.122. The number of hydrogen-bond donors (Lipinski definition) is 1. The number of carbonyl (C=O) groups excluding carboxylic acids is 2. The maximum atomic E-state index is 12.5. The number of nitrogens with two attached hydrogens (primary N) is 1. The summed E-state index contributed by atoms with van der Waals surface area (Å²) in [4.78, 5) is 26.3. The van der Waals surface area contributed by atoms with Crippen LogP contribution in [0.25, 0.3) is 0 Å². The van der Waals surface area contributed by atoms with E-state index in [9.17, 15) is 9.59 Å². The van der Waals surface area contributed by atoms with E-state index in [1.165, 1.54) is 12.1 Å². The van der Waals surface area contributed by atoms with Crippen LogP contribution >= 0.6 is 11.6 Å². The first-order valence-corrected chi connectivity index (χ1v) is 7.97. The van der Waals surface area contributed by atoms with Crippen molar-refractivity contribution in [2.45, 2.75) is 19.4 Å². The molecule has 0 aliphatic carbocycles. The summed E-state index contributed by atoms with van der Waals surface area (Å²) >= 11 is 5.81. The highest BCUT2D eigenvalue weighted by Gasteiger charge is 2.31. The van der Waals surface area contributed by atoms with Crippen LogP contribution in [0.2, 0.25) is 5.02 Å². The van der Waals surface area contributed by atoms with Crippen LogP contribution in [-0.4, -0.2) is 24.5 Å². The molecular formula is C18H17ClN2O3. The van der Waals surface area contributed by atoms with E-state index in [0.29, 0.717) is 5.02 Å². The summed E-state index contributed by atoms with van der Waals surface area (Å²) in [6, 6.07) is 12.3. The lowest BCUT2D eigenvalue weighted by Gasteiger charge is -2.22. The van der Waals surface area contributed by atoms with Crippen LogP contribution in [0.1, 0.15) is 22.8 Å². The Hall–Kier alpha value is -2.53. The number of nitrogen functional groups attached to an aromatic ring is 1. The molecule has 0 aromatic heterocycles. The minimum atomic E-state index is -0.641. The quantitative estimate of drug-likeness (QED) is 0.686. The number of amides is 1. The number of para-hydroxylation sites is 1. The Morgan fingerprint density at radius 3 is 2.79 bits per heavy atom. The van der Waals surface area contributed by atoms with Crippen molar-refractivity contribution < 1.29 is 14.3 Å². The third kappa shape index (κ3) is 3.08. The van der Waals surface area contributed by atoms with E-state index in [-0.39, 0.29) is 29.8 Å². The SMILES string of the molecule is C[C@@H]1Cc2ccccc2N1C(=O)COC(=O)c1ccc(Cl)cc1N. The molecule has 0 radical (unpaired) electrons. The normalized spacial score (nSPS) is 15.9. The van der Waals surface area contributed by atoms with Crippen LogP contribution in [0.3, 0.4) is 0 Å². The monoisotopic (exact) mass is 344 g/mol. The summed E-state index contributed by atoms with van der Waals surface area (Å²) in [5.74, 6) is -0.897. The second kappa shape index (κ2) is 6.53. The first-order valence-electron chi connectivity index (χ1n) is 7.59. The van der Waals surface area contributed by atoms with E-state index < -0.39 is 5.97 Å². The van der Waals surface area contributed by atoms with Crippen LogP contribution in [0.4, 0.5) is 11.4 Å². The first kappa shape index (κ1) is 16.3. The Labute approximate surface area is 145 Å². The van der Waals surface area contributed by atoms with E-state index in [0.717, 1.165) is 17.7 Å². The Kier molecular flexibility index (Phi) is 4.44. The van der Waals surface area contributed by atoms with Crippen LogP contribution in [0.15, 0.2) is 42.5 Å². The van der Waals surface area contributed by atoms with E-state index in [1.54, 1.807) is 11.0 Å². The average Bonchev–Trinajstić information content (AvgIpc) is 2.88. The molecule has 0 saturated heterocycles. The van der Waals surface area contributed by atoms with Crippen LogP contribution in [0, 0.1) is 0 Å². The Morgan fingerprint density at radius 2 is 2.04 bits per heavy atom. The van der Waals surface area contributed by atoms with Gasteiger partial charge in [0.05, 0.1) is 5.56 Å². The Bertz CT molecular complexity index is 807. The van der Waals surface area contributed by atoms with E-state index in [1.807, 2.05) is 31.2 Å². The van der Waals surface area contributed by atoms with Gasteiger partial charge in [-0.25, -0.2) is 4.79 Å². The number of rotatable bonds is 3. The third-order valence-electron chi connectivity index (χ3n) is 4.04. The van der Waals surface area contributed by atoms with Gasteiger partial charge in [0.2, 0.25) is 0 Å². The highest BCUT2D eigenvalue weighted by atomic mass is 35.5. The van der Waals surface area contributed by atoms with Gasteiger partial charge in [-0.05, 0) is 43.2 Å². The molecular weight excluding hydrogens is 328 g/mol. The second-order valence-corrected chi connectivity index (χ2v) is 6.19. The summed E-state index contributed by atoms with van der Waals surface area (Å²) < 4.78 is 5.13. The molecule has 2 aromatic rings. The van der Waals surface area contributed by atoms with Crippen LogP contribution < -0.4 is 10.6 Å². The van der Waals surface area contributed by atoms with E-state index in [4.69, 9.17) is 22.1 Å². The molecule has 24 heavy (non-hydrogen) atoms. The number of fused-ring (bicyclic) bond motifs is 1. The summed E-state index contributed by atoms with van der Waals surface area (Å²) in [7, 11) is 0. The fourth-order valence-corrected chi connectivity index (χ4v) is 3.12. The van der Waals surface area contributed by atoms with Crippen LogP contribution in [0.5, 0.6) is 0 Å². The second-order valence-electron chi connectivity index (χ2n) is 5.75. The van der Waals surface area contributed by atoms with Gasteiger partial charge in [0.15, 0.2) is 6.61 Å². The topological polar surface area (TPSA) is 72.6 Å². The molecule has 1 aliphatic rings. The van der Waals surface area contributed by atoms with Crippen molar-refractivity contribution >= 4 is 34.9 Å². The number of halogens is 1. The molecule has 0 bridgehead atoms. The molecule has 1 heterocycles. The molecule has 0 spiro atoms. The fourth-order valence-electron chi connectivity index (χ4n) is 2.94. The molecule has 1 aliphatic heterocycles. The molecule has 3 rings (SSSR count). The molecule has 2 N–H and O–H groups in total. The predicted octanol–water partition coefficient (Wildman–Crippen LogP) is 3.06. The van der Waals surface area contributed by atoms with Crippen molar-refractivity contribution in [1.29, 1.82) is 0 Å². The van der Waals surface area contributed by atoms with Gasteiger partial charge in [-0.3, -0.25) is 4.79 Å². The van der Waals surface area contributed by atoms with Gasteiger partial charge in [-0.15, -0.1) is 0 Å². The van der Waals surface area contributed by atoms with Crippen molar-refractivity contribution in [3.63, 3.8) is 0 Å². The molecule has 0 unspecified atom stereocenters. The Balaban J connectivity index is 1.69. The van der Waals surface area contributed by atoms with Gasteiger partial charge >= 0.3 is 5.97 Å². The molecule has 6 heteroatoms. The maximum Gasteiger partial charge on any atom is 0.340 e. The predicted molar refractivity (Wildman–Crippen MR) is 93.2 cm³/mol. The average molecular weight is 345 g/mol. The number of nitrogens with zero attached hydrogens (tertiary/aromatic N) is 1. The number of anilines is 2. The summed E-state index contributed by atoms with van der Waals surface area (Å²) in [5, 5.41) is 0.433. The van der Waals surface area contributed by atoms with Gasteiger partial charge in [0.25, 0.3) is 5.91 Å². The van der Waals surface area contributed by atoms with E-state index in [2.05, 4.69) is 0 Å². The van der Waals surface area contributed by atoms with Crippen molar-refractivity contribution in [3.05, 3.63) is 58.6 Å². The maximum absolute atomic E-state index is 12.5. The zero-order valence-electron chi connectivity index (χ0n) is 13.2. The Morgan fingerprint density at radius 1 is 1.29 bits per heavy atom. The molecule has 1 amide bonds. The molecule has 2 aromatic carbocycles. The number of esters is 1. The first-order chi connectivity index (χ1) is 11.5. The van der Waals surface area contributed by atoms with Crippen molar-refractivity contribution in [2.75, 3.05) is 17.2 Å². The van der Waals surface area contributed by atoms with Crippen LogP contribution in [-0.2, 0) is 16.0 Å². The molecule has 124 valence electrons. The standard InChI is InChI=1S/C18H17ClN2O3/c1-11-8-12-4-2-3-5-16(12)21(11)17(22)10-24-18(23)14-7-6-13(19)9-15(14)20/h2-7,9,11H,8,10,20H2,1H3/t11-/m1/s1. The van der Waals surface area contributed by atoms with Crippen molar-refractivity contribution in [3.8, 4) is 0 Å². The number of benzene rings is 2. The van der Waals surface area contributed by atoms with Crippen molar-refractivity contribution in [1.82, 2.24) is 0 Å². The molecule has 0 saturated carbocycles. The highest BCUT2D eigenvalue weighted by molar-refractivity contribution is 6.31. The number of hydrogen-bond acceptors (Lipinski definition) is 4. The van der Waals surface area contributed by atoms with Gasteiger partial charge in [-0.1, -0.05) is 29.8 Å².